The molecule has 1 unspecified atom stereocenters. The molecule has 0 bridgehead atoms. The first-order valence-corrected chi connectivity index (χ1v) is 5.15. The Labute approximate surface area is 89.4 Å². The van der Waals surface area contributed by atoms with E-state index in [-0.39, 0.29) is 11.8 Å². The molecule has 78 valence electrons. The van der Waals surface area contributed by atoms with Crippen LogP contribution in [0.1, 0.15) is 17.7 Å². The molecule has 0 radical (unpaired) electrons. The van der Waals surface area contributed by atoms with Crippen molar-refractivity contribution in [2.75, 3.05) is 0 Å². The molecule has 0 nitrogen and oxygen atoms in total. The van der Waals surface area contributed by atoms with Crippen molar-refractivity contribution in [3.05, 3.63) is 34.9 Å². The van der Waals surface area contributed by atoms with Gasteiger partial charge < -0.3 is 0 Å². The highest BCUT2D eigenvalue weighted by atomic mass is 35.5. The molecule has 0 amide bonds. The summed E-state index contributed by atoms with van der Waals surface area (Å²) in [5, 5.41) is -0.305. The molecule has 5 heteroatoms. The molecule has 1 atom stereocenters. The zero-order chi connectivity index (χ0) is 10.8. The average Bonchev–Trinajstić information content (AvgIpc) is 2.01. The van der Waals surface area contributed by atoms with Crippen LogP contribution in [0.2, 0.25) is 5.02 Å². The van der Waals surface area contributed by atoms with Crippen molar-refractivity contribution in [3.8, 4) is 0 Å². The number of halogens is 4. The molecule has 0 aromatic heterocycles. The van der Waals surface area contributed by atoms with Gasteiger partial charge in [0.05, 0.1) is 0 Å². The first-order chi connectivity index (χ1) is 6.40. The first-order valence-electron chi connectivity index (χ1n) is 3.89. The SMILES string of the molecule is CC(SC(F)(F)F)c1ccccc1Cl. The van der Waals surface area contributed by atoms with E-state index in [1.54, 1.807) is 24.3 Å². The molecule has 1 rings (SSSR count). The number of hydrogen-bond acceptors (Lipinski definition) is 1. The quantitative estimate of drug-likeness (QED) is 0.725. The summed E-state index contributed by atoms with van der Waals surface area (Å²) in [5.41, 5.74) is -3.71. The molecule has 0 saturated carbocycles. The van der Waals surface area contributed by atoms with Crippen molar-refractivity contribution in [2.24, 2.45) is 0 Å². The fraction of sp³-hybridized carbons (Fsp3) is 0.333. The van der Waals surface area contributed by atoms with Gasteiger partial charge in [0.15, 0.2) is 0 Å². The van der Waals surface area contributed by atoms with Gasteiger partial charge >= 0.3 is 5.51 Å². The maximum Gasteiger partial charge on any atom is 0.442 e. The summed E-state index contributed by atoms with van der Waals surface area (Å²) in [7, 11) is 0. The Hall–Kier alpha value is -0.350. The lowest BCUT2D eigenvalue weighted by Gasteiger charge is -2.14. The van der Waals surface area contributed by atoms with Crippen LogP contribution >= 0.6 is 23.4 Å². The van der Waals surface area contributed by atoms with Crippen LogP contribution in [0, 0.1) is 0 Å². The highest BCUT2D eigenvalue weighted by Crippen LogP contribution is 2.43. The smallest absolute Gasteiger partial charge is 0.160 e. The van der Waals surface area contributed by atoms with Gasteiger partial charge in [-0.3, -0.25) is 0 Å². The number of hydrogen-bond donors (Lipinski definition) is 0. The molecule has 1 aromatic rings. The minimum absolute atomic E-state index is 0.0605. The Balaban J connectivity index is 2.80. The fourth-order valence-electron chi connectivity index (χ4n) is 1.07. The Morgan fingerprint density at radius 1 is 1.29 bits per heavy atom. The standard InChI is InChI=1S/C9H8ClF3S/c1-6(14-9(11,12)13)7-4-2-3-5-8(7)10/h2-6H,1H3. The van der Waals surface area contributed by atoms with Crippen LogP contribution < -0.4 is 0 Å². The highest BCUT2D eigenvalue weighted by molar-refractivity contribution is 8.00. The van der Waals surface area contributed by atoms with Crippen LogP contribution in [-0.2, 0) is 0 Å². The maximum absolute atomic E-state index is 12.0. The molecule has 0 N–H and O–H groups in total. The van der Waals surface area contributed by atoms with Gasteiger partial charge in [-0.25, -0.2) is 0 Å². The third-order valence-corrected chi connectivity index (χ3v) is 2.87. The van der Waals surface area contributed by atoms with Crippen molar-refractivity contribution < 1.29 is 13.2 Å². The topological polar surface area (TPSA) is 0 Å². The largest absolute Gasteiger partial charge is 0.442 e. The maximum atomic E-state index is 12.0. The van der Waals surface area contributed by atoms with Gasteiger partial charge in [-0.2, -0.15) is 13.2 Å². The Morgan fingerprint density at radius 2 is 1.86 bits per heavy atom. The molecular weight excluding hydrogens is 233 g/mol. The normalized spacial score (nSPS) is 14.1. The Morgan fingerprint density at radius 3 is 2.36 bits per heavy atom. The van der Waals surface area contributed by atoms with Crippen LogP contribution in [-0.4, -0.2) is 5.51 Å². The number of rotatable bonds is 2. The zero-order valence-corrected chi connectivity index (χ0v) is 8.88. The minimum Gasteiger partial charge on any atom is -0.160 e. The summed E-state index contributed by atoms with van der Waals surface area (Å²) in [4.78, 5) is 0. The second-order valence-electron chi connectivity index (χ2n) is 2.73. The van der Waals surface area contributed by atoms with E-state index in [1.807, 2.05) is 0 Å². The lowest BCUT2D eigenvalue weighted by atomic mass is 10.2. The third-order valence-electron chi connectivity index (χ3n) is 1.65. The molecule has 0 aliphatic heterocycles. The molecule has 0 spiro atoms. The van der Waals surface area contributed by atoms with Gasteiger partial charge in [0, 0.05) is 10.3 Å². The van der Waals surface area contributed by atoms with E-state index in [2.05, 4.69) is 0 Å². The van der Waals surface area contributed by atoms with Crippen LogP contribution in [0.4, 0.5) is 13.2 Å². The van der Waals surface area contributed by atoms with E-state index < -0.39 is 10.8 Å². The van der Waals surface area contributed by atoms with Gasteiger partial charge in [-0.05, 0) is 30.3 Å². The highest BCUT2D eigenvalue weighted by Gasteiger charge is 2.32. The summed E-state index contributed by atoms with van der Waals surface area (Å²) < 4.78 is 36.1. The van der Waals surface area contributed by atoms with Gasteiger partial charge in [-0.1, -0.05) is 29.8 Å². The first kappa shape index (κ1) is 11.7. The molecule has 14 heavy (non-hydrogen) atoms. The van der Waals surface area contributed by atoms with E-state index in [1.165, 1.54) is 6.92 Å². The summed E-state index contributed by atoms with van der Waals surface area (Å²) in [5.74, 6) is 0. The predicted octanol–water partition coefficient (Wildman–Crippen LogP) is 4.65. The minimum atomic E-state index is -4.22. The Bertz CT molecular complexity index is 311. The van der Waals surface area contributed by atoms with E-state index in [9.17, 15) is 13.2 Å². The van der Waals surface area contributed by atoms with E-state index in [0.717, 1.165) is 0 Å². The summed E-state index contributed by atoms with van der Waals surface area (Å²) in [6.07, 6.45) is 0. The number of thioether (sulfide) groups is 1. The molecular formula is C9H8ClF3S. The van der Waals surface area contributed by atoms with E-state index >= 15 is 0 Å². The molecule has 0 aliphatic carbocycles. The summed E-state index contributed by atoms with van der Waals surface area (Å²) in [6, 6.07) is 6.56. The summed E-state index contributed by atoms with van der Waals surface area (Å²) >= 11 is 5.71. The van der Waals surface area contributed by atoms with Crippen molar-refractivity contribution >= 4 is 23.4 Å². The van der Waals surface area contributed by atoms with Gasteiger partial charge in [0.2, 0.25) is 0 Å². The van der Waals surface area contributed by atoms with E-state index in [4.69, 9.17) is 11.6 Å². The number of alkyl halides is 3. The third kappa shape index (κ3) is 3.42. The zero-order valence-electron chi connectivity index (χ0n) is 7.31. The second-order valence-corrected chi connectivity index (χ2v) is 4.54. The van der Waals surface area contributed by atoms with Gasteiger partial charge in [-0.15, -0.1) is 0 Å². The second kappa shape index (κ2) is 4.45. The van der Waals surface area contributed by atoms with Crippen LogP contribution in [0.25, 0.3) is 0 Å². The van der Waals surface area contributed by atoms with Crippen molar-refractivity contribution in [2.45, 2.75) is 17.7 Å². The average molecular weight is 241 g/mol. The number of benzene rings is 1. The fourth-order valence-corrected chi connectivity index (χ4v) is 2.17. The van der Waals surface area contributed by atoms with Crippen LogP contribution in [0.5, 0.6) is 0 Å². The molecule has 1 aromatic carbocycles. The van der Waals surface area contributed by atoms with Crippen molar-refractivity contribution in [1.82, 2.24) is 0 Å². The Kier molecular flexibility index (Phi) is 3.72. The molecule has 0 heterocycles. The molecule has 0 saturated heterocycles. The van der Waals surface area contributed by atoms with Gasteiger partial charge in [0.25, 0.3) is 0 Å². The van der Waals surface area contributed by atoms with Crippen LogP contribution in [0.15, 0.2) is 24.3 Å². The predicted molar refractivity (Wildman–Crippen MR) is 53.5 cm³/mol. The van der Waals surface area contributed by atoms with Crippen LogP contribution in [0.3, 0.4) is 0 Å². The lowest BCUT2D eigenvalue weighted by molar-refractivity contribution is -0.0333. The lowest BCUT2D eigenvalue weighted by Crippen LogP contribution is -2.03. The molecule has 0 fully saturated rings. The summed E-state index contributed by atoms with van der Waals surface area (Å²) in [6.45, 7) is 1.49. The van der Waals surface area contributed by atoms with Crippen molar-refractivity contribution in [3.63, 3.8) is 0 Å². The van der Waals surface area contributed by atoms with Gasteiger partial charge in [0.1, 0.15) is 0 Å². The van der Waals surface area contributed by atoms with E-state index in [0.29, 0.717) is 10.6 Å². The monoisotopic (exact) mass is 240 g/mol. The molecule has 0 aliphatic rings. The van der Waals surface area contributed by atoms with Crippen molar-refractivity contribution in [1.29, 1.82) is 0 Å².